The fourth-order valence-electron chi connectivity index (χ4n) is 2.31. The van der Waals surface area contributed by atoms with Crippen molar-refractivity contribution in [3.8, 4) is 11.5 Å². The van der Waals surface area contributed by atoms with Gasteiger partial charge in [-0.1, -0.05) is 15.9 Å². The van der Waals surface area contributed by atoms with Crippen molar-refractivity contribution >= 4 is 21.8 Å². The number of phenolic OH excluding ortho intramolecular Hbond substituents is 2. The number of aromatic hydroxyl groups is 2. The van der Waals surface area contributed by atoms with Crippen LogP contribution in [0.2, 0.25) is 0 Å². The number of alkyl halides is 1. The molecule has 1 aromatic rings. The van der Waals surface area contributed by atoms with E-state index in [1.54, 1.807) is 4.90 Å². The molecule has 0 radical (unpaired) electrons. The van der Waals surface area contributed by atoms with Crippen LogP contribution in [-0.4, -0.2) is 39.4 Å². The number of amides is 1. The first kappa shape index (κ1) is 13.2. The Balaban J connectivity index is 2.08. The summed E-state index contributed by atoms with van der Waals surface area (Å²) in [4.78, 5) is 14.0. The average Bonchev–Trinajstić information content (AvgIpc) is 2.76. The summed E-state index contributed by atoms with van der Waals surface area (Å²) >= 11 is 3.41. The first-order valence-electron chi connectivity index (χ1n) is 5.98. The van der Waals surface area contributed by atoms with E-state index in [2.05, 4.69) is 15.9 Å². The SMILES string of the molecule is O=C(c1cc(O)cc(O)c1)N1CCC(CCBr)C1. The highest BCUT2D eigenvalue weighted by molar-refractivity contribution is 9.09. The molecular weight excluding hydrogens is 298 g/mol. The molecule has 0 aliphatic carbocycles. The number of carbonyl (C=O) groups is 1. The summed E-state index contributed by atoms with van der Waals surface area (Å²) < 4.78 is 0. The van der Waals surface area contributed by atoms with E-state index in [1.165, 1.54) is 18.2 Å². The van der Waals surface area contributed by atoms with Crippen molar-refractivity contribution in [2.75, 3.05) is 18.4 Å². The fourth-order valence-corrected chi connectivity index (χ4v) is 2.96. The predicted octanol–water partition coefficient (Wildman–Crippen LogP) is 2.34. The zero-order valence-electron chi connectivity index (χ0n) is 9.97. The van der Waals surface area contributed by atoms with E-state index in [4.69, 9.17) is 0 Å². The van der Waals surface area contributed by atoms with Crippen LogP contribution < -0.4 is 0 Å². The molecular formula is C13H16BrNO3. The number of phenols is 2. The molecule has 0 spiro atoms. The van der Waals surface area contributed by atoms with Crippen molar-refractivity contribution in [1.29, 1.82) is 0 Å². The maximum atomic E-state index is 12.2. The van der Waals surface area contributed by atoms with E-state index in [1.807, 2.05) is 0 Å². The van der Waals surface area contributed by atoms with Crippen LogP contribution in [0.4, 0.5) is 0 Å². The van der Waals surface area contributed by atoms with Crippen LogP contribution >= 0.6 is 15.9 Å². The zero-order chi connectivity index (χ0) is 13.1. The lowest BCUT2D eigenvalue weighted by molar-refractivity contribution is 0.0786. The minimum atomic E-state index is -0.127. The Bertz CT molecular complexity index is 430. The number of carbonyl (C=O) groups excluding carboxylic acids is 1. The fraction of sp³-hybridized carbons (Fsp3) is 0.462. The van der Waals surface area contributed by atoms with Gasteiger partial charge in [0, 0.05) is 30.0 Å². The standard InChI is InChI=1S/C13H16BrNO3/c14-3-1-9-2-4-15(8-9)13(18)10-5-11(16)7-12(17)6-10/h5-7,9,16-17H,1-4,8H2. The summed E-state index contributed by atoms with van der Waals surface area (Å²) in [5.74, 6) is 0.238. The molecule has 1 aliphatic rings. The Labute approximate surface area is 114 Å². The Morgan fingerprint density at radius 2 is 2.00 bits per heavy atom. The van der Waals surface area contributed by atoms with Crippen molar-refractivity contribution in [3.05, 3.63) is 23.8 Å². The molecule has 1 fully saturated rings. The molecule has 0 aromatic heterocycles. The molecule has 4 nitrogen and oxygen atoms in total. The minimum absolute atomic E-state index is 0.0884. The largest absolute Gasteiger partial charge is 0.508 e. The first-order valence-corrected chi connectivity index (χ1v) is 7.10. The average molecular weight is 314 g/mol. The summed E-state index contributed by atoms with van der Waals surface area (Å²) in [6, 6.07) is 3.99. The number of hydrogen-bond acceptors (Lipinski definition) is 3. The van der Waals surface area contributed by atoms with Crippen LogP contribution in [-0.2, 0) is 0 Å². The molecule has 1 heterocycles. The molecule has 18 heavy (non-hydrogen) atoms. The van der Waals surface area contributed by atoms with Gasteiger partial charge < -0.3 is 15.1 Å². The van der Waals surface area contributed by atoms with E-state index >= 15 is 0 Å². The highest BCUT2D eigenvalue weighted by Crippen LogP contribution is 2.25. The van der Waals surface area contributed by atoms with Crippen molar-refractivity contribution in [1.82, 2.24) is 4.90 Å². The van der Waals surface area contributed by atoms with Gasteiger partial charge in [-0.05, 0) is 30.9 Å². The minimum Gasteiger partial charge on any atom is -0.508 e. The zero-order valence-corrected chi connectivity index (χ0v) is 11.6. The van der Waals surface area contributed by atoms with Crippen molar-refractivity contribution in [2.24, 2.45) is 5.92 Å². The van der Waals surface area contributed by atoms with Crippen molar-refractivity contribution < 1.29 is 15.0 Å². The molecule has 0 bridgehead atoms. The number of hydrogen-bond donors (Lipinski definition) is 2. The lowest BCUT2D eigenvalue weighted by Crippen LogP contribution is -2.28. The number of nitrogens with zero attached hydrogens (tertiary/aromatic N) is 1. The molecule has 1 atom stereocenters. The summed E-state index contributed by atoms with van der Waals surface area (Å²) in [6.45, 7) is 1.49. The van der Waals surface area contributed by atoms with E-state index < -0.39 is 0 Å². The third-order valence-corrected chi connectivity index (χ3v) is 3.70. The van der Waals surface area contributed by atoms with Crippen LogP contribution in [0.15, 0.2) is 18.2 Å². The van der Waals surface area contributed by atoms with Gasteiger partial charge in [0.1, 0.15) is 11.5 Å². The Hall–Kier alpha value is -1.23. The number of halogens is 1. The maximum Gasteiger partial charge on any atom is 0.254 e. The summed E-state index contributed by atoms with van der Waals surface area (Å²) in [6.07, 6.45) is 2.08. The van der Waals surface area contributed by atoms with Gasteiger partial charge in [0.05, 0.1) is 0 Å². The molecule has 1 amide bonds. The predicted molar refractivity (Wildman–Crippen MR) is 72.2 cm³/mol. The highest BCUT2D eigenvalue weighted by Gasteiger charge is 2.26. The number of rotatable bonds is 3. The highest BCUT2D eigenvalue weighted by atomic mass is 79.9. The van der Waals surface area contributed by atoms with E-state index in [0.717, 1.165) is 31.3 Å². The van der Waals surface area contributed by atoms with E-state index in [0.29, 0.717) is 11.5 Å². The van der Waals surface area contributed by atoms with E-state index in [9.17, 15) is 15.0 Å². The molecule has 1 saturated heterocycles. The van der Waals surface area contributed by atoms with Crippen molar-refractivity contribution in [3.63, 3.8) is 0 Å². The van der Waals surface area contributed by atoms with Crippen LogP contribution in [0.3, 0.4) is 0 Å². The lowest BCUT2D eigenvalue weighted by atomic mass is 10.1. The van der Waals surface area contributed by atoms with Crippen molar-refractivity contribution in [2.45, 2.75) is 12.8 Å². The first-order chi connectivity index (χ1) is 8.60. The second kappa shape index (κ2) is 5.61. The second-order valence-corrected chi connectivity index (χ2v) is 5.41. The Morgan fingerprint density at radius 3 is 2.61 bits per heavy atom. The molecule has 1 aliphatic heterocycles. The normalized spacial score (nSPS) is 19.2. The lowest BCUT2D eigenvalue weighted by Gasteiger charge is -2.16. The van der Waals surface area contributed by atoms with Gasteiger partial charge in [-0.2, -0.15) is 0 Å². The molecule has 0 saturated carbocycles. The third kappa shape index (κ3) is 2.96. The number of likely N-dealkylation sites (tertiary alicyclic amines) is 1. The molecule has 2 rings (SSSR count). The second-order valence-electron chi connectivity index (χ2n) is 4.62. The Morgan fingerprint density at radius 1 is 1.33 bits per heavy atom. The summed E-state index contributed by atoms with van der Waals surface area (Å²) in [5.41, 5.74) is 0.340. The molecule has 1 aromatic carbocycles. The maximum absolute atomic E-state index is 12.2. The quantitative estimate of drug-likeness (QED) is 0.842. The Kier molecular flexibility index (Phi) is 4.11. The van der Waals surface area contributed by atoms with Crippen LogP contribution in [0.25, 0.3) is 0 Å². The molecule has 1 unspecified atom stereocenters. The van der Waals surface area contributed by atoms with Crippen LogP contribution in [0.1, 0.15) is 23.2 Å². The van der Waals surface area contributed by atoms with Gasteiger partial charge in [0.15, 0.2) is 0 Å². The van der Waals surface area contributed by atoms with Gasteiger partial charge in [-0.25, -0.2) is 0 Å². The third-order valence-electron chi connectivity index (χ3n) is 3.24. The van der Waals surface area contributed by atoms with Crippen LogP contribution in [0, 0.1) is 5.92 Å². The monoisotopic (exact) mass is 313 g/mol. The summed E-state index contributed by atoms with van der Waals surface area (Å²) in [7, 11) is 0. The van der Waals surface area contributed by atoms with Gasteiger partial charge in [0.2, 0.25) is 0 Å². The van der Waals surface area contributed by atoms with Gasteiger partial charge >= 0.3 is 0 Å². The topological polar surface area (TPSA) is 60.8 Å². The van der Waals surface area contributed by atoms with Gasteiger partial charge in [-0.3, -0.25) is 4.79 Å². The van der Waals surface area contributed by atoms with Gasteiger partial charge in [-0.15, -0.1) is 0 Å². The molecule has 5 heteroatoms. The van der Waals surface area contributed by atoms with Crippen LogP contribution in [0.5, 0.6) is 11.5 Å². The summed E-state index contributed by atoms with van der Waals surface area (Å²) in [5, 5.41) is 19.7. The smallest absolute Gasteiger partial charge is 0.254 e. The molecule has 2 N–H and O–H groups in total. The van der Waals surface area contributed by atoms with Gasteiger partial charge in [0.25, 0.3) is 5.91 Å². The number of benzene rings is 1. The van der Waals surface area contributed by atoms with E-state index in [-0.39, 0.29) is 17.4 Å². The molecule has 98 valence electrons.